The number of rotatable bonds is 1. The van der Waals surface area contributed by atoms with E-state index in [4.69, 9.17) is 0 Å². The lowest BCUT2D eigenvalue weighted by Gasteiger charge is -2.18. The molecule has 94 valence electrons. The van der Waals surface area contributed by atoms with Crippen molar-refractivity contribution in [3.63, 3.8) is 0 Å². The Morgan fingerprint density at radius 1 is 1.06 bits per heavy atom. The molecule has 1 aliphatic carbocycles. The molecule has 2 nitrogen and oxygen atoms in total. The van der Waals surface area contributed by atoms with Gasteiger partial charge >= 0.3 is 0 Å². The predicted octanol–water partition coefficient (Wildman–Crippen LogP) is 4.82. The Kier molecular flexibility index (Phi) is 8.97. The van der Waals surface area contributed by atoms with Crippen molar-refractivity contribution >= 4 is 0 Å². The van der Waals surface area contributed by atoms with E-state index < -0.39 is 0 Å². The van der Waals surface area contributed by atoms with Gasteiger partial charge in [0.05, 0.1) is 5.69 Å². The maximum absolute atomic E-state index is 4.31. The summed E-state index contributed by atoms with van der Waals surface area (Å²) in [4.78, 5) is 0. The average molecular weight is 224 g/mol. The van der Waals surface area contributed by atoms with Crippen molar-refractivity contribution in [3.05, 3.63) is 17.5 Å². The van der Waals surface area contributed by atoms with Crippen molar-refractivity contribution in [2.24, 2.45) is 0 Å². The summed E-state index contributed by atoms with van der Waals surface area (Å²) in [5, 5.41) is 7.33. The monoisotopic (exact) mass is 224 g/mol. The van der Waals surface area contributed by atoms with Crippen LogP contribution in [0.3, 0.4) is 0 Å². The topological polar surface area (TPSA) is 28.7 Å². The van der Waals surface area contributed by atoms with Gasteiger partial charge in [-0.1, -0.05) is 47.0 Å². The van der Waals surface area contributed by atoms with Gasteiger partial charge < -0.3 is 0 Å². The van der Waals surface area contributed by atoms with E-state index in [1.54, 1.807) is 0 Å². The fraction of sp³-hybridized carbons (Fsp3) is 0.786. The number of nitrogens with one attached hydrogen (secondary N) is 1. The van der Waals surface area contributed by atoms with E-state index in [1.165, 1.54) is 43.5 Å². The van der Waals surface area contributed by atoms with Crippen LogP contribution >= 0.6 is 0 Å². The van der Waals surface area contributed by atoms with Gasteiger partial charge in [0, 0.05) is 11.6 Å². The lowest BCUT2D eigenvalue weighted by atomic mass is 9.87. The SMILES string of the molecule is CC.CC.Cc1cc(C2CCCCC2)n[nH]1. The first-order valence-corrected chi connectivity index (χ1v) is 6.88. The van der Waals surface area contributed by atoms with E-state index in [-0.39, 0.29) is 0 Å². The highest BCUT2D eigenvalue weighted by Crippen LogP contribution is 2.31. The number of aryl methyl sites for hydroxylation is 1. The standard InChI is InChI=1S/C10H16N2.2C2H6/c1-8-7-10(12-11-8)9-5-3-2-4-6-9;2*1-2/h7,9H,2-6H2,1H3,(H,11,12);2*1-2H3. The van der Waals surface area contributed by atoms with Crippen LogP contribution in [0.2, 0.25) is 0 Å². The second-order valence-electron chi connectivity index (χ2n) is 3.81. The highest BCUT2D eigenvalue weighted by molar-refractivity contribution is 5.12. The van der Waals surface area contributed by atoms with Crippen molar-refractivity contribution in [2.45, 2.75) is 72.6 Å². The molecule has 0 spiro atoms. The maximum atomic E-state index is 4.31. The second-order valence-corrected chi connectivity index (χ2v) is 3.81. The van der Waals surface area contributed by atoms with E-state index in [2.05, 4.69) is 23.2 Å². The van der Waals surface area contributed by atoms with Crippen LogP contribution in [0, 0.1) is 6.92 Å². The third kappa shape index (κ3) is 4.82. The van der Waals surface area contributed by atoms with E-state index >= 15 is 0 Å². The first-order valence-electron chi connectivity index (χ1n) is 6.88. The summed E-state index contributed by atoms with van der Waals surface area (Å²) in [5.41, 5.74) is 2.47. The molecule has 0 unspecified atom stereocenters. The number of hydrogen-bond donors (Lipinski definition) is 1. The van der Waals surface area contributed by atoms with Gasteiger partial charge in [0.2, 0.25) is 0 Å². The van der Waals surface area contributed by atoms with Crippen LogP contribution in [0.25, 0.3) is 0 Å². The largest absolute Gasteiger partial charge is 0.283 e. The highest BCUT2D eigenvalue weighted by Gasteiger charge is 2.17. The Balaban J connectivity index is 0.000000509. The van der Waals surface area contributed by atoms with Gasteiger partial charge in [0.1, 0.15) is 0 Å². The molecule has 0 saturated heterocycles. The van der Waals surface area contributed by atoms with Crippen molar-refractivity contribution in [3.8, 4) is 0 Å². The molecule has 0 radical (unpaired) electrons. The van der Waals surface area contributed by atoms with Crippen molar-refractivity contribution < 1.29 is 0 Å². The molecule has 1 saturated carbocycles. The Bertz CT molecular complexity index is 247. The molecular formula is C14H28N2. The van der Waals surface area contributed by atoms with Gasteiger partial charge in [-0.2, -0.15) is 5.10 Å². The first-order chi connectivity index (χ1) is 7.86. The highest BCUT2D eigenvalue weighted by atomic mass is 15.1. The molecule has 16 heavy (non-hydrogen) atoms. The smallest absolute Gasteiger partial charge is 0.0655 e. The minimum Gasteiger partial charge on any atom is -0.283 e. The Morgan fingerprint density at radius 2 is 1.62 bits per heavy atom. The van der Waals surface area contributed by atoms with Gasteiger partial charge in [-0.25, -0.2) is 0 Å². The molecule has 0 amide bonds. The van der Waals surface area contributed by atoms with Gasteiger partial charge in [-0.3, -0.25) is 5.10 Å². The van der Waals surface area contributed by atoms with Crippen LogP contribution in [-0.4, -0.2) is 10.2 Å². The van der Waals surface area contributed by atoms with Crippen LogP contribution in [0.15, 0.2) is 6.07 Å². The summed E-state index contributed by atoms with van der Waals surface area (Å²) in [6.07, 6.45) is 6.86. The zero-order valence-electron chi connectivity index (χ0n) is 11.6. The number of hydrogen-bond acceptors (Lipinski definition) is 1. The van der Waals surface area contributed by atoms with Crippen LogP contribution in [-0.2, 0) is 0 Å². The van der Waals surface area contributed by atoms with E-state index in [0.717, 1.165) is 5.92 Å². The maximum Gasteiger partial charge on any atom is 0.0655 e. The lowest BCUT2D eigenvalue weighted by molar-refractivity contribution is 0.436. The van der Waals surface area contributed by atoms with Gasteiger partial charge in [0.25, 0.3) is 0 Å². The number of nitrogens with zero attached hydrogens (tertiary/aromatic N) is 1. The van der Waals surface area contributed by atoms with E-state index in [1.807, 2.05) is 27.7 Å². The summed E-state index contributed by atoms with van der Waals surface area (Å²) in [6.45, 7) is 10.1. The summed E-state index contributed by atoms with van der Waals surface area (Å²) in [7, 11) is 0. The fourth-order valence-corrected chi connectivity index (χ4v) is 2.05. The molecule has 1 fully saturated rings. The van der Waals surface area contributed by atoms with Crippen LogP contribution in [0.1, 0.15) is 77.1 Å². The molecule has 2 rings (SSSR count). The Labute approximate surface area is 101 Å². The molecule has 2 heteroatoms. The van der Waals surface area contributed by atoms with Crippen LogP contribution in [0.4, 0.5) is 0 Å². The number of aromatic amines is 1. The van der Waals surface area contributed by atoms with Gasteiger partial charge in [0.15, 0.2) is 0 Å². The lowest BCUT2D eigenvalue weighted by Crippen LogP contribution is -2.04. The third-order valence-corrected chi connectivity index (χ3v) is 2.75. The molecule has 1 aromatic heterocycles. The fourth-order valence-electron chi connectivity index (χ4n) is 2.05. The molecule has 0 aromatic carbocycles. The minimum absolute atomic E-state index is 0.740. The van der Waals surface area contributed by atoms with Crippen molar-refractivity contribution in [1.29, 1.82) is 0 Å². The molecule has 0 bridgehead atoms. The molecule has 0 atom stereocenters. The quantitative estimate of drug-likeness (QED) is 0.728. The normalized spacial score (nSPS) is 15.6. The summed E-state index contributed by atoms with van der Waals surface area (Å²) in [5.74, 6) is 0.740. The molecular weight excluding hydrogens is 196 g/mol. The third-order valence-electron chi connectivity index (χ3n) is 2.75. The van der Waals surface area contributed by atoms with E-state index in [9.17, 15) is 0 Å². The molecule has 1 N–H and O–H groups in total. The van der Waals surface area contributed by atoms with E-state index in [0.29, 0.717) is 0 Å². The van der Waals surface area contributed by atoms with Crippen LogP contribution < -0.4 is 0 Å². The zero-order valence-corrected chi connectivity index (χ0v) is 11.6. The summed E-state index contributed by atoms with van der Waals surface area (Å²) < 4.78 is 0. The Morgan fingerprint density at radius 3 is 2.06 bits per heavy atom. The van der Waals surface area contributed by atoms with Crippen molar-refractivity contribution in [1.82, 2.24) is 10.2 Å². The van der Waals surface area contributed by atoms with Crippen molar-refractivity contribution in [2.75, 3.05) is 0 Å². The second kappa shape index (κ2) is 9.44. The van der Waals surface area contributed by atoms with Gasteiger partial charge in [-0.05, 0) is 25.8 Å². The average Bonchev–Trinajstić information content (AvgIpc) is 2.82. The Hall–Kier alpha value is -0.790. The molecule has 1 heterocycles. The molecule has 1 aromatic rings. The van der Waals surface area contributed by atoms with Crippen LogP contribution in [0.5, 0.6) is 0 Å². The van der Waals surface area contributed by atoms with Gasteiger partial charge in [-0.15, -0.1) is 0 Å². The molecule has 1 aliphatic rings. The summed E-state index contributed by atoms with van der Waals surface area (Å²) >= 11 is 0. The number of H-pyrrole nitrogens is 1. The molecule has 0 aliphatic heterocycles. The summed E-state index contributed by atoms with van der Waals surface area (Å²) in [6, 6.07) is 2.19. The first kappa shape index (κ1) is 15.2. The number of aromatic nitrogens is 2. The zero-order chi connectivity index (χ0) is 12.4. The minimum atomic E-state index is 0.740. The predicted molar refractivity (Wildman–Crippen MR) is 71.8 cm³/mol.